The van der Waals surface area contributed by atoms with E-state index in [2.05, 4.69) is 55.3 Å². The van der Waals surface area contributed by atoms with E-state index >= 15 is 0 Å². The van der Waals surface area contributed by atoms with Crippen molar-refractivity contribution in [3.8, 4) is 0 Å². The average Bonchev–Trinajstić information content (AvgIpc) is 2.47. The highest BCUT2D eigenvalue weighted by molar-refractivity contribution is 5.52. The summed E-state index contributed by atoms with van der Waals surface area (Å²) < 4.78 is 0. The molecule has 0 aliphatic carbocycles. The summed E-state index contributed by atoms with van der Waals surface area (Å²) in [5.41, 5.74) is 2.53. The lowest BCUT2D eigenvalue weighted by atomic mass is 9.95. The van der Waals surface area contributed by atoms with E-state index in [1.54, 1.807) is 0 Å². The van der Waals surface area contributed by atoms with Crippen LogP contribution < -0.4 is 10.2 Å². The van der Waals surface area contributed by atoms with Crippen molar-refractivity contribution in [1.29, 1.82) is 0 Å². The highest BCUT2D eigenvalue weighted by atomic mass is 16.3. The van der Waals surface area contributed by atoms with Gasteiger partial charge < -0.3 is 15.3 Å². The van der Waals surface area contributed by atoms with Crippen molar-refractivity contribution in [2.45, 2.75) is 38.8 Å². The summed E-state index contributed by atoms with van der Waals surface area (Å²) in [5.74, 6) is 0. The fourth-order valence-electron chi connectivity index (χ4n) is 2.85. The van der Waals surface area contributed by atoms with Crippen molar-refractivity contribution in [2.75, 3.05) is 24.6 Å². The second-order valence-corrected chi connectivity index (χ2v) is 5.81. The quantitative estimate of drug-likeness (QED) is 0.839. The predicted octanol–water partition coefficient (Wildman–Crippen LogP) is 1.93. The van der Waals surface area contributed by atoms with E-state index in [4.69, 9.17) is 0 Å². The lowest BCUT2D eigenvalue weighted by Gasteiger charge is -2.43. The van der Waals surface area contributed by atoms with Crippen LogP contribution in [0.5, 0.6) is 0 Å². The molecule has 1 aliphatic rings. The van der Waals surface area contributed by atoms with E-state index in [0.717, 1.165) is 19.5 Å². The maximum absolute atomic E-state index is 9.67. The first-order valence-corrected chi connectivity index (χ1v) is 6.72. The second kappa shape index (κ2) is 5.29. The van der Waals surface area contributed by atoms with Crippen molar-refractivity contribution in [1.82, 2.24) is 5.32 Å². The SMILES string of the molecule is Cc1cccc(N2C(CO)CNCCC2(C)C)c1. The molecule has 1 aromatic carbocycles. The molecule has 3 heteroatoms. The Balaban J connectivity index is 2.40. The fourth-order valence-corrected chi connectivity index (χ4v) is 2.85. The molecular formula is C15H24N2O. The largest absolute Gasteiger partial charge is 0.394 e. The Morgan fingerprint density at radius 2 is 2.22 bits per heavy atom. The van der Waals surface area contributed by atoms with Gasteiger partial charge in [0.15, 0.2) is 0 Å². The number of benzene rings is 1. The first kappa shape index (κ1) is 13.4. The Kier molecular flexibility index (Phi) is 3.93. The third-order valence-corrected chi connectivity index (χ3v) is 3.80. The first-order valence-electron chi connectivity index (χ1n) is 6.72. The standard InChI is InChI=1S/C15H24N2O/c1-12-5-4-6-13(9-12)17-14(11-18)10-16-8-7-15(17,2)3/h4-6,9,14,16,18H,7-8,10-11H2,1-3H3. The fraction of sp³-hybridized carbons (Fsp3) is 0.600. The van der Waals surface area contributed by atoms with Crippen LogP contribution in [-0.2, 0) is 0 Å². The van der Waals surface area contributed by atoms with Gasteiger partial charge in [-0.05, 0) is 51.4 Å². The van der Waals surface area contributed by atoms with Gasteiger partial charge in [-0.3, -0.25) is 0 Å². The highest BCUT2D eigenvalue weighted by Gasteiger charge is 2.34. The van der Waals surface area contributed by atoms with Gasteiger partial charge in [0.25, 0.3) is 0 Å². The maximum atomic E-state index is 9.67. The molecule has 0 bridgehead atoms. The van der Waals surface area contributed by atoms with Gasteiger partial charge in [-0.2, -0.15) is 0 Å². The Hall–Kier alpha value is -1.06. The smallest absolute Gasteiger partial charge is 0.0650 e. The molecule has 18 heavy (non-hydrogen) atoms. The number of nitrogens with one attached hydrogen (secondary N) is 1. The molecule has 2 N–H and O–H groups in total. The zero-order valence-corrected chi connectivity index (χ0v) is 11.6. The summed E-state index contributed by atoms with van der Waals surface area (Å²) in [7, 11) is 0. The molecule has 100 valence electrons. The number of hydrogen-bond donors (Lipinski definition) is 2. The van der Waals surface area contributed by atoms with Crippen molar-refractivity contribution >= 4 is 5.69 Å². The zero-order valence-electron chi connectivity index (χ0n) is 11.6. The second-order valence-electron chi connectivity index (χ2n) is 5.81. The summed E-state index contributed by atoms with van der Waals surface area (Å²) in [4.78, 5) is 2.38. The number of nitrogens with zero attached hydrogens (tertiary/aromatic N) is 1. The van der Waals surface area contributed by atoms with Crippen molar-refractivity contribution in [2.24, 2.45) is 0 Å². The number of aryl methyl sites for hydroxylation is 1. The Morgan fingerprint density at radius 1 is 1.44 bits per heavy atom. The molecule has 1 aromatic rings. The summed E-state index contributed by atoms with van der Waals surface area (Å²) in [6, 6.07) is 8.69. The molecule has 0 radical (unpaired) electrons. The Labute approximate surface area is 110 Å². The average molecular weight is 248 g/mol. The number of anilines is 1. The van der Waals surface area contributed by atoms with Gasteiger partial charge in [0.1, 0.15) is 0 Å². The molecular weight excluding hydrogens is 224 g/mol. The highest BCUT2D eigenvalue weighted by Crippen LogP contribution is 2.30. The molecule has 1 heterocycles. The molecule has 1 saturated heterocycles. The van der Waals surface area contributed by atoms with Gasteiger partial charge in [0.2, 0.25) is 0 Å². The summed E-state index contributed by atoms with van der Waals surface area (Å²) in [6.45, 7) is 8.65. The van der Waals surface area contributed by atoms with Gasteiger partial charge >= 0.3 is 0 Å². The monoisotopic (exact) mass is 248 g/mol. The number of hydrogen-bond acceptors (Lipinski definition) is 3. The van der Waals surface area contributed by atoms with Crippen molar-refractivity contribution < 1.29 is 5.11 Å². The van der Waals surface area contributed by atoms with Crippen LogP contribution in [0.15, 0.2) is 24.3 Å². The van der Waals surface area contributed by atoms with Crippen molar-refractivity contribution in [3.05, 3.63) is 29.8 Å². The third-order valence-electron chi connectivity index (χ3n) is 3.80. The topological polar surface area (TPSA) is 35.5 Å². The van der Waals surface area contributed by atoms with Crippen LogP contribution in [0.3, 0.4) is 0 Å². The van der Waals surface area contributed by atoms with Gasteiger partial charge in [0, 0.05) is 17.8 Å². The normalized spacial score (nSPS) is 23.8. The van der Waals surface area contributed by atoms with E-state index in [0.29, 0.717) is 0 Å². The van der Waals surface area contributed by atoms with Crippen LogP contribution in [0, 0.1) is 6.92 Å². The van der Waals surface area contributed by atoms with Gasteiger partial charge in [-0.1, -0.05) is 12.1 Å². The van der Waals surface area contributed by atoms with Crippen LogP contribution in [0.2, 0.25) is 0 Å². The van der Waals surface area contributed by atoms with Crippen LogP contribution >= 0.6 is 0 Å². The first-order chi connectivity index (χ1) is 8.54. The van der Waals surface area contributed by atoms with Crippen LogP contribution in [-0.4, -0.2) is 36.4 Å². The molecule has 1 aliphatic heterocycles. The molecule has 1 fully saturated rings. The molecule has 1 unspecified atom stereocenters. The minimum Gasteiger partial charge on any atom is -0.394 e. The molecule has 0 aromatic heterocycles. The molecule has 0 amide bonds. The number of aliphatic hydroxyl groups is 1. The maximum Gasteiger partial charge on any atom is 0.0650 e. The summed E-state index contributed by atoms with van der Waals surface area (Å²) >= 11 is 0. The van der Waals surface area contributed by atoms with E-state index in [1.807, 2.05) is 0 Å². The van der Waals surface area contributed by atoms with Gasteiger partial charge in [-0.15, -0.1) is 0 Å². The molecule has 1 atom stereocenters. The lowest BCUT2D eigenvalue weighted by molar-refractivity contribution is 0.245. The molecule has 0 saturated carbocycles. The number of rotatable bonds is 2. The molecule has 2 rings (SSSR count). The van der Waals surface area contributed by atoms with E-state index in [9.17, 15) is 5.11 Å². The molecule has 0 spiro atoms. The minimum atomic E-state index is 0.0602. The van der Waals surface area contributed by atoms with Crippen molar-refractivity contribution in [3.63, 3.8) is 0 Å². The summed E-state index contributed by atoms with van der Waals surface area (Å²) in [5, 5.41) is 13.1. The van der Waals surface area contributed by atoms with Crippen LogP contribution in [0.25, 0.3) is 0 Å². The Morgan fingerprint density at radius 3 is 2.89 bits per heavy atom. The van der Waals surface area contributed by atoms with Crippen LogP contribution in [0.4, 0.5) is 5.69 Å². The lowest BCUT2D eigenvalue weighted by Crippen LogP contribution is -2.52. The van der Waals surface area contributed by atoms with Gasteiger partial charge in [-0.25, -0.2) is 0 Å². The van der Waals surface area contributed by atoms with Gasteiger partial charge in [0.05, 0.1) is 12.6 Å². The Bertz CT molecular complexity index is 403. The number of aliphatic hydroxyl groups excluding tert-OH is 1. The minimum absolute atomic E-state index is 0.0602. The predicted molar refractivity (Wildman–Crippen MR) is 76.1 cm³/mol. The van der Waals surface area contributed by atoms with E-state index in [1.165, 1.54) is 11.3 Å². The van der Waals surface area contributed by atoms with E-state index < -0.39 is 0 Å². The molecule has 3 nitrogen and oxygen atoms in total. The third kappa shape index (κ3) is 2.68. The summed E-state index contributed by atoms with van der Waals surface area (Å²) in [6.07, 6.45) is 1.08. The van der Waals surface area contributed by atoms with E-state index in [-0.39, 0.29) is 18.2 Å². The van der Waals surface area contributed by atoms with Crippen LogP contribution in [0.1, 0.15) is 25.8 Å². The zero-order chi connectivity index (χ0) is 13.2.